The van der Waals surface area contributed by atoms with E-state index in [-0.39, 0.29) is 11.9 Å². The molecule has 0 saturated carbocycles. The van der Waals surface area contributed by atoms with E-state index < -0.39 is 0 Å². The Bertz CT molecular complexity index is 269. The first kappa shape index (κ1) is 10.5. The van der Waals surface area contributed by atoms with Gasteiger partial charge in [0.2, 0.25) is 5.91 Å². The van der Waals surface area contributed by atoms with Crippen LogP contribution in [0, 0.1) is 11.8 Å². The number of fused-ring (bicyclic) bond motifs is 1. The second-order valence-electron chi connectivity index (χ2n) is 5.43. The zero-order valence-electron chi connectivity index (χ0n) is 9.74. The average Bonchev–Trinajstić information content (AvgIpc) is 2.77. The lowest BCUT2D eigenvalue weighted by atomic mass is 10.0. The molecule has 3 heterocycles. The second kappa shape index (κ2) is 4.34. The topological polar surface area (TPSA) is 44.4 Å². The van der Waals surface area contributed by atoms with Crippen LogP contribution >= 0.6 is 0 Å². The van der Waals surface area contributed by atoms with Gasteiger partial charge in [0.1, 0.15) is 0 Å². The summed E-state index contributed by atoms with van der Waals surface area (Å²) in [5.41, 5.74) is 0. The Morgan fingerprint density at radius 3 is 2.62 bits per heavy atom. The van der Waals surface area contributed by atoms with Gasteiger partial charge < -0.3 is 10.6 Å². The third kappa shape index (κ3) is 1.84. The smallest absolute Gasteiger partial charge is 0.237 e. The van der Waals surface area contributed by atoms with E-state index in [1.165, 1.54) is 6.42 Å². The molecule has 4 heteroatoms. The van der Waals surface area contributed by atoms with Gasteiger partial charge in [-0.1, -0.05) is 0 Å². The van der Waals surface area contributed by atoms with E-state index in [0.717, 1.165) is 57.4 Å². The van der Waals surface area contributed by atoms with Crippen LogP contribution < -0.4 is 10.6 Å². The first-order valence-corrected chi connectivity index (χ1v) is 6.57. The second-order valence-corrected chi connectivity index (χ2v) is 5.43. The van der Waals surface area contributed by atoms with Crippen LogP contribution in [0.3, 0.4) is 0 Å². The van der Waals surface area contributed by atoms with Crippen molar-refractivity contribution in [3.63, 3.8) is 0 Å². The van der Waals surface area contributed by atoms with Crippen LogP contribution in [0.25, 0.3) is 0 Å². The van der Waals surface area contributed by atoms with Gasteiger partial charge in [0, 0.05) is 19.6 Å². The first-order valence-electron chi connectivity index (χ1n) is 6.57. The Morgan fingerprint density at radius 2 is 1.88 bits per heavy atom. The van der Waals surface area contributed by atoms with Crippen molar-refractivity contribution in [1.82, 2.24) is 15.5 Å². The van der Waals surface area contributed by atoms with Gasteiger partial charge in [0.25, 0.3) is 0 Å². The maximum atomic E-state index is 12.0. The summed E-state index contributed by atoms with van der Waals surface area (Å²) in [4.78, 5) is 14.4. The fraction of sp³-hybridized carbons (Fsp3) is 0.917. The first-order chi connectivity index (χ1) is 7.84. The third-order valence-corrected chi connectivity index (χ3v) is 4.36. The Balaban J connectivity index is 1.66. The SMILES string of the molecule is O=C1NCCCCC1N1C[C@H]2CNC[C@H]2C1. The molecule has 3 aliphatic heterocycles. The number of nitrogens with one attached hydrogen (secondary N) is 2. The summed E-state index contributed by atoms with van der Waals surface area (Å²) >= 11 is 0. The molecule has 2 N–H and O–H groups in total. The number of amides is 1. The standard InChI is InChI=1S/C12H21N3O/c16-12-11(3-1-2-4-14-12)15-7-9-5-13-6-10(9)8-15/h9-11,13H,1-8H2,(H,14,16)/t9-,10+,11?. The summed E-state index contributed by atoms with van der Waals surface area (Å²) in [6.45, 7) is 5.41. The summed E-state index contributed by atoms with van der Waals surface area (Å²) in [7, 11) is 0. The fourth-order valence-electron chi connectivity index (χ4n) is 3.42. The van der Waals surface area contributed by atoms with Gasteiger partial charge in [0.05, 0.1) is 6.04 Å². The third-order valence-electron chi connectivity index (χ3n) is 4.36. The molecule has 1 unspecified atom stereocenters. The molecule has 0 spiro atoms. The van der Waals surface area contributed by atoms with Gasteiger partial charge in [0.15, 0.2) is 0 Å². The molecule has 4 nitrogen and oxygen atoms in total. The van der Waals surface area contributed by atoms with Crippen LogP contribution in [-0.4, -0.2) is 49.6 Å². The van der Waals surface area contributed by atoms with Crippen LogP contribution in [0.4, 0.5) is 0 Å². The molecule has 0 bridgehead atoms. The molecule has 90 valence electrons. The van der Waals surface area contributed by atoms with Gasteiger partial charge in [-0.15, -0.1) is 0 Å². The van der Waals surface area contributed by atoms with Gasteiger partial charge >= 0.3 is 0 Å². The highest BCUT2D eigenvalue weighted by molar-refractivity contribution is 5.82. The number of nitrogens with zero attached hydrogens (tertiary/aromatic N) is 1. The van der Waals surface area contributed by atoms with E-state index in [2.05, 4.69) is 15.5 Å². The Hall–Kier alpha value is -0.610. The van der Waals surface area contributed by atoms with Crippen molar-refractivity contribution >= 4 is 5.91 Å². The van der Waals surface area contributed by atoms with E-state index >= 15 is 0 Å². The van der Waals surface area contributed by atoms with Crippen LogP contribution in [-0.2, 0) is 4.79 Å². The van der Waals surface area contributed by atoms with E-state index in [1.54, 1.807) is 0 Å². The summed E-state index contributed by atoms with van der Waals surface area (Å²) < 4.78 is 0. The molecular formula is C12H21N3O. The van der Waals surface area contributed by atoms with Crippen LogP contribution in [0.15, 0.2) is 0 Å². The summed E-state index contributed by atoms with van der Waals surface area (Å²) in [5, 5.41) is 6.49. The summed E-state index contributed by atoms with van der Waals surface area (Å²) in [5.74, 6) is 1.84. The maximum Gasteiger partial charge on any atom is 0.237 e. The molecule has 0 aromatic carbocycles. The number of likely N-dealkylation sites (tertiary alicyclic amines) is 1. The van der Waals surface area contributed by atoms with E-state index in [0.29, 0.717) is 0 Å². The molecule has 1 amide bonds. The molecule has 0 aromatic heterocycles. The minimum atomic E-state index is 0.160. The largest absolute Gasteiger partial charge is 0.355 e. The Kier molecular flexibility index (Phi) is 2.86. The highest BCUT2D eigenvalue weighted by Gasteiger charge is 2.40. The van der Waals surface area contributed by atoms with Crippen LogP contribution in [0.2, 0.25) is 0 Å². The predicted molar refractivity (Wildman–Crippen MR) is 62.1 cm³/mol. The monoisotopic (exact) mass is 223 g/mol. The summed E-state index contributed by atoms with van der Waals surface area (Å²) in [6, 6.07) is 0.160. The van der Waals surface area contributed by atoms with Crippen molar-refractivity contribution in [3.8, 4) is 0 Å². The van der Waals surface area contributed by atoms with Crippen LogP contribution in [0.5, 0.6) is 0 Å². The van der Waals surface area contributed by atoms with E-state index in [1.807, 2.05) is 0 Å². The fourth-order valence-corrected chi connectivity index (χ4v) is 3.42. The minimum Gasteiger partial charge on any atom is -0.355 e. The van der Waals surface area contributed by atoms with Gasteiger partial charge in [-0.05, 0) is 44.2 Å². The van der Waals surface area contributed by atoms with Crippen molar-refractivity contribution < 1.29 is 4.79 Å². The number of hydrogen-bond acceptors (Lipinski definition) is 3. The lowest BCUT2D eigenvalue weighted by molar-refractivity contribution is -0.125. The predicted octanol–water partition coefficient (Wildman–Crippen LogP) is -0.194. The van der Waals surface area contributed by atoms with Crippen molar-refractivity contribution in [2.45, 2.75) is 25.3 Å². The lowest BCUT2D eigenvalue weighted by Crippen LogP contribution is -2.45. The molecule has 0 radical (unpaired) electrons. The quantitative estimate of drug-likeness (QED) is 0.647. The van der Waals surface area contributed by atoms with Gasteiger partial charge in [-0.3, -0.25) is 9.69 Å². The number of carbonyl (C=O) groups is 1. The number of rotatable bonds is 1. The van der Waals surface area contributed by atoms with E-state index in [4.69, 9.17) is 0 Å². The van der Waals surface area contributed by atoms with Crippen molar-refractivity contribution in [2.24, 2.45) is 11.8 Å². The highest BCUT2D eigenvalue weighted by atomic mass is 16.2. The van der Waals surface area contributed by atoms with Crippen molar-refractivity contribution in [2.75, 3.05) is 32.7 Å². The van der Waals surface area contributed by atoms with Crippen molar-refractivity contribution in [1.29, 1.82) is 0 Å². The molecule has 16 heavy (non-hydrogen) atoms. The zero-order chi connectivity index (χ0) is 11.0. The Labute approximate surface area is 96.8 Å². The van der Waals surface area contributed by atoms with Crippen molar-refractivity contribution in [3.05, 3.63) is 0 Å². The number of carbonyl (C=O) groups excluding carboxylic acids is 1. The molecule has 3 atom stereocenters. The molecule has 3 aliphatic rings. The molecule has 3 rings (SSSR count). The molecular weight excluding hydrogens is 202 g/mol. The van der Waals surface area contributed by atoms with E-state index in [9.17, 15) is 4.79 Å². The van der Waals surface area contributed by atoms with Gasteiger partial charge in [-0.2, -0.15) is 0 Å². The molecule has 0 aromatic rings. The minimum absolute atomic E-state index is 0.160. The lowest BCUT2D eigenvalue weighted by Gasteiger charge is -2.25. The number of hydrogen-bond donors (Lipinski definition) is 2. The van der Waals surface area contributed by atoms with Crippen LogP contribution in [0.1, 0.15) is 19.3 Å². The Morgan fingerprint density at radius 1 is 1.12 bits per heavy atom. The normalized spacial score (nSPS) is 40.5. The highest BCUT2D eigenvalue weighted by Crippen LogP contribution is 2.29. The summed E-state index contributed by atoms with van der Waals surface area (Å²) in [6.07, 6.45) is 3.39. The molecule has 0 aliphatic carbocycles. The zero-order valence-corrected chi connectivity index (χ0v) is 9.74. The average molecular weight is 223 g/mol. The molecule has 3 saturated heterocycles. The maximum absolute atomic E-state index is 12.0. The van der Waals surface area contributed by atoms with Gasteiger partial charge in [-0.25, -0.2) is 0 Å². The molecule has 3 fully saturated rings.